The molecule has 1 heterocycles. The lowest BCUT2D eigenvalue weighted by Gasteiger charge is -2.23. The van der Waals surface area contributed by atoms with Gasteiger partial charge in [-0.05, 0) is 37.3 Å². The molecule has 1 aliphatic heterocycles. The van der Waals surface area contributed by atoms with Gasteiger partial charge in [0.1, 0.15) is 18.1 Å². The van der Waals surface area contributed by atoms with Crippen LogP contribution in [0.1, 0.15) is 58.1 Å². The van der Waals surface area contributed by atoms with Gasteiger partial charge in [-0.1, -0.05) is 45.0 Å². The average Bonchev–Trinajstić information content (AvgIpc) is 2.90. The molecule has 1 saturated heterocycles. The zero-order valence-corrected chi connectivity index (χ0v) is 17.7. The van der Waals surface area contributed by atoms with Gasteiger partial charge in [0.15, 0.2) is 0 Å². The second-order valence-electron chi connectivity index (χ2n) is 7.80. The fraction of sp³-hybridized carbons (Fsp3) is 0.524. The molecular weight excluding hydrogens is 372 g/mol. The summed E-state index contributed by atoms with van der Waals surface area (Å²) in [5.41, 5.74) is 0.535. The van der Waals surface area contributed by atoms with Crippen LogP contribution in [-0.4, -0.2) is 47.8 Å². The van der Waals surface area contributed by atoms with Crippen LogP contribution in [0, 0.1) is 0 Å². The molecule has 8 heteroatoms. The van der Waals surface area contributed by atoms with E-state index < -0.39 is 36.0 Å². The standard InChI is InChI=1S/C21H30N4O4/c1-6-11-22-18(27)14(4)23-17(26)12-25-19(28)21(5,24-20(25)29)16-9-7-15(8-10-16)13(2)3/h7-10,13-14H,6,11-12H2,1-5H3,(H,22,27)(H,23,26)(H,24,29)/t14-,21-/m1/s1. The van der Waals surface area contributed by atoms with Crippen LogP contribution in [-0.2, 0) is 19.9 Å². The van der Waals surface area contributed by atoms with Crippen molar-refractivity contribution in [2.24, 2.45) is 0 Å². The number of nitrogens with one attached hydrogen (secondary N) is 3. The van der Waals surface area contributed by atoms with Crippen LogP contribution >= 0.6 is 0 Å². The first kappa shape index (κ1) is 22.4. The minimum absolute atomic E-state index is 0.313. The van der Waals surface area contributed by atoms with Crippen molar-refractivity contribution in [3.8, 4) is 0 Å². The molecule has 0 spiro atoms. The third kappa shape index (κ3) is 4.93. The average molecular weight is 402 g/mol. The van der Waals surface area contributed by atoms with Crippen molar-refractivity contribution in [3.05, 3.63) is 35.4 Å². The quantitative estimate of drug-likeness (QED) is 0.574. The van der Waals surface area contributed by atoms with Crippen molar-refractivity contribution in [2.75, 3.05) is 13.1 Å². The maximum absolute atomic E-state index is 12.9. The Morgan fingerprint density at radius 3 is 2.31 bits per heavy atom. The number of hydrogen-bond donors (Lipinski definition) is 3. The Morgan fingerprint density at radius 1 is 1.14 bits per heavy atom. The summed E-state index contributed by atoms with van der Waals surface area (Å²) in [4.78, 5) is 50.4. The van der Waals surface area contributed by atoms with Crippen molar-refractivity contribution < 1.29 is 19.2 Å². The molecule has 8 nitrogen and oxygen atoms in total. The Hall–Kier alpha value is -2.90. The van der Waals surface area contributed by atoms with E-state index in [0.717, 1.165) is 16.9 Å². The van der Waals surface area contributed by atoms with Crippen molar-refractivity contribution in [3.63, 3.8) is 0 Å². The number of urea groups is 1. The summed E-state index contributed by atoms with van der Waals surface area (Å²) in [7, 11) is 0. The van der Waals surface area contributed by atoms with E-state index in [0.29, 0.717) is 18.0 Å². The summed E-state index contributed by atoms with van der Waals surface area (Å²) in [5, 5.41) is 7.88. The molecule has 5 amide bonds. The number of nitrogens with zero attached hydrogens (tertiary/aromatic N) is 1. The molecule has 0 saturated carbocycles. The predicted octanol–water partition coefficient (Wildman–Crippen LogP) is 1.61. The number of imide groups is 1. The molecule has 2 rings (SSSR count). The van der Waals surface area contributed by atoms with Gasteiger partial charge in [-0.2, -0.15) is 0 Å². The number of benzene rings is 1. The molecule has 0 aliphatic carbocycles. The maximum Gasteiger partial charge on any atom is 0.325 e. The zero-order chi connectivity index (χ0) is 21.8. The molecule has 29 heavy (non-hydrogen) atoms. The number of amides is 5. The topological polar surface area (TPSA) is 108 Å². The third-order valence-electron chi connectivity index (χ3n) is 5.05. The monoisotopic (exact) mass is 402 g/mol. The van der Waals surface area contributed by atoms with E-state index in [9.17, 15) is 19.2 Å². The van der Waals surface area contributed by atoms with Crippen LogP contribution in [0.25, 0.3) is 0 Å². The molecule has 158 valence electrons. The summed E-state index contributed by atoms with van der Waals surface area (Å²) >= 11 is 0. The van der Waals surface area contributed by atoms with Crippen molar-refractivity contribution in [2.45, 2.75) is 58.5 Å². The van der Waals surface area contributed by atoms with E-state index >= 15 is 0 Å². The predicted molar refractivity (Wildman–Crippen MR) is 109 cm³/mol. The van der Waals surface area contributed by atoms with Crippen molar-refractivity contribution in [1.82, 2.24) is 20.9 Å². The largest absolute Gasteiger partial charge is 0.354 e. The van der Waals surface area contributed by atoms with Gasteiger partial charge in [-0.15, -0.1) is 0 Å². The highest BCUT2D eigenvalue weighted by molar-refractivity contribution is 6.09. The Balaban J connectivity index is 2.06. The van der Waals surface area contributed by atoms with E-state index in [1.165, 1.54) is 0 Å². The summed E-state index contributed by atoms with van der Waals surface area (Å²) < 4.78 is 0. The van der Waals surface area contributed by atoms with Crippen LogP contribution in [0.2, 0.25) is 0 Å². The van der Waals surface area contributed by atoms with E-state index in [2.05, 4.69) is 29.8 Å². The van der Waals surface area contributed by atoms with Gasteiger partial charge in [0, 0.05) is 6.54 Å². The molecule has 0 unspecified atom stereocenters. The van der Waals surface area contributed by atoms with E-state index in [1.54, 1.807) is 13.8 Å². The van der Waals surface area contributed by atoms with Gasteiger partial charge < -0.3 is 16.0 Å². The molecular formula is C21H30N4O4. The molecule has 0 bridgehead atoms. The van der Waals surface area contributed by atoms with Gasteiger partial charge in [-0.25, -0.2) is 4.79 Å². The van der Waals surface area contributed by atoms with Crippen molar-refractivity contribution in [1.29, 1.82) is 0 Å². The van der Waals surface area contributed by atoms with E-state index in [-0.39, 0.29) is 5.91 Å². The number of carbonyl (C=O) groups is 4. The Morgan fingerprint density at radius 2 is 1.76 bits per heavy atom. The molecule has 1 fully saturated rings. The molecule has 1 aromatic rings. The molecule has 0 aromatic heterocycles. The van der Waals surface area contributed by atoms with Crippen LogP contribution in [0.5, 0.6) is 0 Å². The third-order valence-corrected chi connectivity index (χ3v) is 5.05. The number of carbonyl (C=O) groups excluding carboxylic acids is 4. The van der Waals surface area contributed by atoms with Crippen LogP contribution < -0.4 is 16.0 Å². The Kier molecular flexibility index (Phi) is 7.00. The normalized spacial score (nSPS) is 19.9. The molecule has 0 radical (unpaired) electrons. The van der Waals surface area contributed by atoms with E-state index in [1.807, 2.05) is 31.2 Å². The molecule has 2 atom stereocenters. The van der Waals surface area contributed by atoms with Crippen LogP contribution in [0.4, 0.5) is 4.79 Å². The minimum Gasteiger partial charge on any atom is -0.354 e. The lowest BCUT2D eigenvalue weighted by Crippen LogP contribution is -2.49. The lowest BCUT2D eigenvalue weighted by atomic mass is 9.90. The lowest BCUT2D eigenvalue weighted by molar-refractivity contribution is -0.135. The molecule has 1 aliphatic rings. The highest BCUT2D eigenvalue weighted by Crippen LogP contribution is 2.29. The SMILES string of the molecule is CCCNC(=O)[C@@H](C)NC(=O)CN1C(=O)N[C@](C)(c2ccc(C(C)C)cc2)C1=O. The highest BCUT2D eigenvalue weighted by atomic mass is 16.2. The second-order valence-corrected chi connectivity index (χ2v) is 7.80. The first-order valence-corrected chi connectivity index (χ1v) is 9.91. The minimum atomic E-state index is -1.24. The summed E-state index contributed by atoms with van der Waals surface area (Å²) in [6.45, 7) is 9.31. The van der Waals surface area contributed by atoms with Gasteiger partial charge in [0.2, 0.25) is 11.8 Å². The van der Waals surface area contributed by atoms with Gasteiger partial charge in [-0.3, -0.25) is 19.3 Å². The second kappa shape index (κ2) is 9.07. The van der Waals surface area contributed by atoms with Crippen LogP contribution in [0.3, 0.4) is 0 Å². The van der Waals surface area contributed by atoms with Crippen molar-refractivity contribution >= 4 is 23.8 Å². The number of hydrogen-bond acceptors (Lipinski definition) is 4. The van der Waals surface area contributed by atoms with E-state index in [4.69, 9.17) is 0 Å². The van der Waals surface area contributed by atoms with Gasteiger partial charge in [0.05, 0.1) is 0 Å². The smallest absolute Gasteiger partial charge is 0.325 e. The number of rotatable bonds is 8. The summed E-state index contributed by atoms with van der Waals surface area (Å²) in [6, 6.07) is 6.09. The summed E-state index contributed by atoms with van der Waals surface area (Å²) in [6.07, 6.45) is 0.783. The molecule has 3 N–H and O–H groups in total. The Labute approximate surface area is 171 Å². The Bertz CT molecular complexity index is 790. The maximum atomic E-state index is 12.9. The highest BCUT2D eigenvalue weighted by Gasteiger charge is 2.49. The van der Waals surface area contributed by atoms with Gasteiger partial charge >= 0.3 is 6.03 Å². The first-order chi connectivity index (χ1) is 13.6. The fourth-order valence-corrected chi connectivity index (χ4v) is 3.14. The van der Waals surface area contributed by atoms with Gasteiger partial charge in [0.25, 0.3) is 5.91 Å². The zero-order valence-electron chi connectivity index (χ0n) is 17.7. The molecule has 1 aromatic carbocycles. The fourth-order valence-electron chi connectivity index (χ4n) is 3.14. The summed E-state index contributed by atoms with van der Waals surface area (Å²) in [5.74, 6) is -1.04. The first-order valence-electron chi connectivity index (χ1n) is 9.91. The van der Waals surface area contributed by atoms with Crippen LogP contribution in [0.15, 0.2) is 24.3 Å².